The van der Waals surface area contributed by atoms with Gasteiger partial charge < -0.3 is 5.73 Å². The van der Waals surface area contributed by atoms with Crippen molar-refractivity contribution in [1.82, 2.24) is 4.98 Å². The van der Waals surface area contributed by atoms with Gasteiger partial charge in [-0.3, -0.25) is 0 Å². The molecule has 0 unspecified atom stereocenters. The third-order valence-electron chi connectivity index (χ3n) is 1.46. The highest BCUT2D eigenvalue weighted by atomic mass is 32.2. The van der Waals surface area contributed by atoms with Crippen LogP contribution in [0.5, 0.6) is 0 Å². The lowest BCUT2D eigenvalue weighted by molar-refractivity contribution is 0.563. The molecule has 3 nitrogen and oxygen atoms in total. The van der Waals surface area contributed by atoms with Crippen LogP contribution in [0.1, 0.15) is 26.5 Å². The number of nitriles is 1. The molecule has 0 radical (unpaired) electrons. The van der Waals surface area contributed by atoms with Gasteiger partial charge in [-0.2, -0.15) is 5.26 Å². The van der Waals surface area contributed by atoms with Crippen LogP contribution in [-0.2, 0) is 5.41 Å². The van der Waals surface area contributed by atoms with Gasteiger partial charge in [0.1, 0.15) is 9.61 Å². The molecule has 1 aromatic rings. The number of thiazole rings is 1. The first-order valence-corrected chi connectivity index (χ1v) is 5.41. The summed E-state index contributed by atoms with van der Waals surface area (Å²) in [5, 5.41) is 11.1. The number of nitrogens with two attached hydrogens (primary N) is 1. The minimum Gasteiger partial charge on any atom is -0.375 e. The molecule has 1 aromatic heterocycles. The van der Waals surface area contributed by atoms with Gasteiger partial charge in [-0.1, -0.05) is 32.1 Å². The Balaban J connectivity index is 3.13. The average Bonchev–Trinajstić information content (AvgIpc) is 2.30. The van der Waals surface area contributed by atoms with Crippen molar-refractivity contribution in [3.63, 3.8) is 0 Å². The van der Waals surface area contributed by atoms with E-state index < -0.39 is 0 Å². The van der Waals surface area contributed by atoms with Crippen LogP contribution in [-0.4, -0.2) is 4.98 Å². The lowest BCUT2D eigenvalue weighted by Gasteiger charge is -2.15. The quantitative estimate of drug-likeness (QED) is 0.575. The summed E-state index contributed by atoms with van der Waals surface area (Å²) in [7, 11) is 0. The molecule has 1 heterocycles. The standard InChI is InChI=1S/C8H11N3S2/c1-8(2,3)5-6(12-4-9)13-7(10)11-5/h1-3H3,(H2,10,11). The fourth-order valence-corrected chi connectivity index (χ4v) is 2.75. The molecular weight excluding hydrogens is 202 g/mol. The van der Waals surface area contributed by atoms with Crippen LogP contribution >= 0.6 is 23.1 Å². The van der Waals surface area contributed by atoms with Crippen LogP contribution in [0.15, 0.2) is 4.21 Å². The number of hydrogen-bond donors (Lipinski definition) is 1. The highest BCUT2D eigenvalue weighted by Crippen LogP contribution is 2.37. The molecule has 1 rings (SSSR count). The van der Waals surface area contributed by atoms with Gasteiger partial charge in [0.25, 0.3) is 0 Å². The number of rotatable bonds is 1. The molecule has 0 fully saturated rings. The molecule has 0 saturated carbocycles. The second kappa shape index (κ2) is 3.56. The highest BCUT2D eigenvalue weighted by Gasteiger charge is 2.22. The normalized spacial score (nSPS) is 11.2. The number of hydrogen-bond acceptors (Lipinski definition) is 5. The van der Waals surface area contributed by atoms with E-state index in [4.69, 9.17) is 11.0 Å². The van der Waals surface area contributed by atoms with Crippen LogP contribution < -0.4 is 5.73 Å². The molecular formula is C8H11N3S2. The van der Waals surface area contributed by atoms with Gasteiger partial charge in [-0.25, -0.2) is 4.98 Å². The van der Waals surface area contributed by atoms with E-state index in [-0.39, 0.29) is 5.41 Å². The van der Waals surface area contributed by atoms with Crippen LogP contribution in [0.2, 0.25) is 0 Å². The van der Waals surface area contributed by atoms with Crippen molar-refractivity contribution in [1.29, 1.82) is 5.26 Å². The van der Waals surface area contributed by atoms with Gasteiger partial charge >= 0.3 is 0 Å². The van der Waals surface area contributed by atoms with E-state index in [1.54, 1.807) is 0 Å². The Morgan fingerprint density at radius 2 is 2.15 bits per heavy atom. The molecule has 0 atom stereocenters. The molecule has 70 valence electrons. The van der Waals surface area contributed by atoms with Crippen molar-refractivity contribution in [3.05, 3.63) is 5.69 Å². The molecule has 0 bridgehead atoms. The minimum absolute atomic E-state index is 0.0483. The zero-order valence-electron chi connectivity index (χ0n) is 7.79. The van der Waals surface area contributed by atoms with Crippen LogP contribution in [0.3, 0.4) is 0 Å². The summed E-state index contributed by atoms with van der Waals surface area (Å²) in [6, 6.07) is 0. The van der Waals surface area contributed by atoms with E-state index in [1.165, 1.54) is 11.3 Å². The largest absolute Gasteiger partial charge is 0.375 e. The van der Waals surface area contributed by atoms with E-state index >= 15 is 0 Å². The lowest BCUT2D eigenvalue weighted by Crippen LogP contribution is -2.12. The van der Waals surface area contributed by atoms with Crippen molar-refractivity contribution in [2.75, 3.05) is 5.73 Å². The first kappa shape index (κ1) is 10.4. The summed E-state index contributed by atoms with van der Waals surface area (Å²) in [4.78, 5) is 4.22. The van der Waals surface area contributed by atoms with Crippen LogP contribution in [0, 0.1) is 10.7 Å². The van der Waals surface area contributed by atoms with Crippen LogP contribution in [0.4, 0.5) is 5.13 Å². The van der Waals surface area contributed by atoms with Gasteiger partial charge in [-0.05, 0) is 0 Å². The molecule has 2 N–H and O–H groups in total. The fourth-order valence-electron chi connectivity index (χ4n) is 0.906. The maximum Gasteiger partial charge on any atom is 0.181 e. The summed E-state index contributed by atoms with van der Waals surface area (Å²) in [6.45, 7) is 6.18. The molecule has 0 aliphatic heterocycles. The number of thioether (sulfide) groups is 1. The Morgan fingerprint density at radius 3 is 2.62 bits per heavy atom. The third kappa shape index (κ3) is 2.36. The number of thiocyanates is 1. The summed E-state index contributed by atoms with van der Waals surface area (Å²) in [6.07, 6.45) is 0. The zero-order valence-corrected chi connectivity index (χ0v) is 9.42. The monoisotopic (exact) mass is 213 g/mol. The summed E-state index contributed by atoms with van der Waals surface area (Å²) >= 11 is 2.50. The zero-order chi connectivity index (χ0) is 10.1. The first-order valence-electron chi connectivity index (χ1n) is 3.78. The minimum atomic E-state index is -0.0483. The summed E-state index contributed by atoms with van der Waals surface area (Å²) in [5.41, 5.74) is 6.46. The molecule has 0 saturated heterocycles. The second-order valence-corrected chi connectivity index (χ2v) is 5.72. The average molecular weight is 213 g/mol. The Hall–Kier alpha value is -0.730. The maximum atomic E-state index is 8.57. The summed E-state index contributed by atoms with van der Waals surface area (Å²) < 4.78 is 0.910. The number of anilines is 1. The van der Waals surface area contributed by atoms with Crippen molar-refractivity contribution in [2.24, 2.45) is 0 Å². The van der Waals surface area contributed by atoms with Gasteiger partial charge in [0.2, 0.25) is 0 Å². The van der Waals surface area contributed by atoms with Gasteiger partial charge in [-0.15, -0.1) is 0 Å². The molecule has 13 heavy (non-hydrogen) atoms. The van der Waals surface area contributed by atoms with E-state index in [0.29, 0.717) is 5.13 Å². The predicted octanol–water partition coefficient (Wildman–Crippen LogP) is 2.60. The molecule has 0 amide bonds. The molecule has 0 aliphatic rings. The smallest absolute Gasteiger partial charge is 0.181 e. The Bertz CT molecular complexity index is 343. The van der Waals surface area contributed by atoms with Gasteiger partial charge in [0.05, 0.1) is 5.69 Å². The van der Waals surface area contributed by atoms with E-state index in [0.717, 1.165) is 21.7 Å². The number of nitrogen functional groups attached to an aromatic ring is 1. The Kier molecular flexibility index (Phi) is 2.84. The predicted molar refractivity (Wildman–Crippen MR) is 56.7 cm³/mol. The van der Waals surface area contributed by atoms with Crippen LogP contribution in [0.25, 0.3) is 0 Å². The van der Waals surface area contributed by atoms with Crippen molar-refractivity contribution in [2.45, 2.75) is 30.4 Å². The Morgan fingerprint density at radius 1 is 1.54 bits per heavy atom. The second-order valence-electron chi connectivity index (χ2n) is 3.63. The third-order valence-corrected chi connectivity index (χ3v) is 3.11. The van der Waals surface area contributed by atoms with Crippen molar-refractivity contribution in [3.8, 4) is 5.40 Å². The molecule has 0 aliphatic carbocycles. The number of aromatic nitrogens is 1. The first-order chi connectivity index (χ1) is 5.95. The van der Waals surface area contributed by atoms with E-state index in [2.05, 4.69) is 25.8 Å². The summed E-state index contributed by atoms with van der Waals surface area (Å²) in [5.74, 6) is 0. The van der Waals surface area contributed by atoms with Gasteiger partial charge in [0, 0.05) is 17.2 Å². The van der Waals surface area contributed by atoms with Crippen molar-refractivity contribution >= 4 is 28.2 Å². The number of nitrogens with zero attached hydrogens (tertiary/aromatic N) is 2. The maximum absolute atomic E-state index is 8.57. The highest BCUT2D eigenvalue weighted by molar-refractivity contribution is 8.05. The lowest BCUT2D eigenvalue weighted by atomic mass is 9.93. The Labute approximate surface area is 86.0 Å². The van der Waals surface area contributed by atoms with E-state index in [9.17, 15) is 0 Å². The topological polar surface area (TPSA) is 62.7 Å². The fraction of sp³-hybridized carbons (Fsp3) is 0.500. The molecule has 5 heteroatoms. The SMILES string of the molecule is CC(C)(C)c1nc(N)sc1SC#N. The van der Waals surface area contributed by atoms with Crippen molar-refractivity contribution < 1.29 is 0 Å². The molecule has 0 spiro atoms. The van der Waals surface area contributed by atoms with E-state index in [1.807, 2.05) is 5.40 Å². The molecule has 0 aromatic carbocycles. The van der Waals surface area contributed by atoms with Gasteiger partial charge in [0.15, 0.2) is 5.13 Å².